The Morgan fingerprint density at radius 2 is 1.75 bits per heavy atom. The van der Waals surface area contributed by atoms with Crippen molar-refractivity contribution in [3.8, 4) is 0 Å². The normalized spacial score (nSPS) is 14.3. The minimum atomic E-state index is -3.86. The third kappa shape index (κ3) is 2.62. The second-order valence-electron chi connectivity index (χ2n) is 6.88. The fourth-order valence-corrected chi connectivity index (χ4v) is 5.28. The van der Waals surface area contributed by atoms with Gasteiger partial charge in [-0.15, -0.1) is 0 Å². The smallest absolute Gasteiger partial charge is 0.335 e. The summed E-state index contributed by atoms with van der Waals surface area (Å²) in [7, 11) is -0.619. The summed E-state index contributed by atoms with van der Waals surface area (Å²) < 4.78 is 30.9. The van der Waals surface area contributed by atoms with Gasteiger partial charge in [0.05, 0.1) is 27.2 Å². The van der Waals surface area contributed by atoms with E-state index >= 15 is 0 Å². The number of aromatic carboxylic acids is 1. The molecule has 0 unspecified atom stereocenters. The molecule has 1 N–H and O–H groups in total. The van der Waals surface area contributed by atoms with E-state index in [1.54, 1.807) is 26.2 Å². The second-order valence-corrected chi connectivity index (χ2v) is 8.74. The number of sulfonamides is 1. The SMILES string of the molecule is Cn1c(=O)n(C)c2cc(S(=O)(=O)N3CCCc4cc(C(=O)O)ccc43)ccc21. The fraction of sp³-hybridized carbons (Fsp3) is 0.263. The first-order valence-electron chi connectivity index (χ1n) is 8.76. The largest absolute Gasteiger partial charge is 0.478 e. The lowest BCUT2D eigenvalue weighted by Gasteiger charge is -2.30. The number of nitrogens with zero attached hydrogens (tertiary/aromatic N) is 3. The quantitative estimate of drug-likeness (QED) is 0.720. The maximum Gasteiger partial charge on any atom is 0.335 e. The minimum absolute atomic E-state index is 0.0939. The molecule has 0 saturated carbocycles. The highest BCUT2D eigenvalue weighted by Crippen LogP contribution is 2.33. The van der Waals surface area contributed by atoms with Gasteiger partial charge in [-0.2, -0.15) is 0 Å². The van der Waals surface area contributed by atoms with E-state index in [4.69, 9.17) is 0 Å². The fourth-order valence-electron chi connectivity index (χ4n) is 3.72. The Balaban J connectivity index is 1.84. The summed E-state index contributed by atoms with van der Waals surface area (Å²) in [6, 6.07) is 9.12. The molecule has 0 saturated heterocycles. The van der Waals surface area contributed by atoms with Gasteiger partial charge in [-0.25, -0.2) is 18.0 Å². The third-order valence-electron chi connectivity index (χ3n) is 5.23. The molecule has 146 valence electrons. The number of aryl methyl sites for hydroxylation is 3. The van der Waals surface area contributed by atoms with E-state index in [9.17, 15) is 23.1 Å². The van der Waals surface area contributed by atoms with Gasteiger partial charge in [-0.1, -0.05) is 0 Å². The molecule has 4 rings (SSSR count). The topological polar surface area (TPSA) is 102 Å². The van der Waals surface area contributed by atoms with Crippen LogP contribution in [0.5, 0.6) is 0 Å². The van der Waals surface area contributed by atoms with Crippen LogP contribution in [0.25, 0.3) is 11.0 Å². The molecule has 0 bridgehead atoms. The zero-order valence-corrected chi connectivity index (χ0v) is 16.2. The van der Waals surface area contributed by atoms with Crippen LogP contribution in [-0.2, 0) is 30.5 Å². The highest BCUT2D eigenvalue weighted by molar-refractivity contribution is 7.92. The van der Waals surface area contributed by atoms with Crippen LogP contribution >= 0.6 is 0 Å². The molecule has 1 aliphatic rings. The Bertz CT molecular complexity index is 1290. The molecule has 0 spiro atoms. The minimum Gasteiger partial charge on any atom is -0.478 e. The molecule has 0 aliphatic carbocycles. The van der Waals surface area contributed by atoms with Gasteiger partial charge < -0.3 is 5.11 Å². The number of anilines is 1. The third-order valence-corrected chi connectivity index (χ3v) is 7.04. The molecule has 0 atom stereocenters. The van der Waals surface area contributed by atoms with Crippen LogP contribution in [0.15, 0.2) is 46.1 Å². The zero-order valence-electron chi connectivity index (χ0n) is 15.4. The van der Waals surface area contributed by atoms with Crippen molar-refractivity contribution in [1.82, 2.24) is 9.13 Å². The van der Waals surface area contributed by atoms with E-state index < -0.39 is 16.0 Å². The van der Waals surface area contributed by atoms with E-state index in [1.807, 2.05) is 0 Å². The van der Waals surface area contributed by atoms with E-state index in [-0.39, 0.29) is 16.1 Å². The van der Waals surface area contributed by atoms with E-state index in [1.165, 1.54) is 37.7 Å². The number of fused-ring (bicyclic) bond motifs is 2. The predicted octanol–water partition coefficient (Wildman–Crippen LogP) is 1.72. The lowest BCUT2D eigenvalue weighted by Crippen LogP contribution is -2.35. The molecular formula is C19H19N3O5S. The average Bonchev–Trinajstić information content (AvgIpc) is 2.90. The van der Waals surface area contributed by atoms with Gasteiger partial charge in [0, 0.05) is 20.6 Å². The molecule has 8 nitrogen and oxygen atoms in total. The van der Waals surface area contributed by atoms with Gasteiger partial charge in [-0.3, -0.25) is 13.4 Å². The number of hydrogen-bond donors (Lipinski definition) is 1. The van der Waals surface area contributed by atoms with Crippen molar-refractivity contribution in [2.75, 3.05) is 10.8 Å². The monoisotopic (exact) mass is 401 g/mol. The molecule has 2 heterocycles. The molecule has 1 aromatic heterocycles. The van der Waals surface area contributed by atoms with Crippen LogP contribution in [0.3, 0.4) is 0 Å². The standard InChI is InChI=1S/C19H19N3O5S/c1-20-16-8-6-14(11-17(16)21(2)19(20)25)28(26,27)22-9-3-4-12-10-13(18(23)24)5-7-15(12)22/h5-8,10-11H,3-4,9H2,1-2H3,(H,23,24). The first kappa shape index (κ1) is 18.3. The van der Waals surface area contributed by atoms with E-state index in [0.717, 1.165) is 0 Å². The molecule has 28 heavy (non-hydrogen) atoms. The van der Waals surface area contributed by atoms with Gasteiger partial charge >= 0.3 is 11.7 Å². The van der Waals surface area contributed by atoms with Gasteiger partial charge in [-0.05, 0) is 54.8 Å². The Labute approximate surface area is 161 Å². The summed E-state index contributed by atoms with van der Waals surface area (Å²) in [5.74, 6) is -1.04. The maximum atomic E-state index is 13.3. The van der Waals surface area contributed by atoms with Crippen molar-refractivity contribution >= 4 is 32.7 Å². The number of hydrogen-bond acceptors (Lipinski definition) is 4. The molecule has 3 aromatic rings. The van der Waals surface area contributed by atoms with Crippen LogP contribution in [0.4, 0.5) is 5.69 Å². The van der Waals surface area contributed by atoms with Crippen LogP contribution in [0.1, 0.15) is 22.3 Å². The highest BCUT2D eigenvalue weighted by Gasteiger charge is 2.30. The molecule has 1 aliphatic heterocycles. The number of aromatic nitrogens is 2. The first-order valence-corrected chi connectivity index (χ1v) is 10.2. The number of rotatable bonds is 3. The number of carboxylic acids is 1. The number of carbonyl (C=O) groups is 1. The van der Waals surface area contributed by atoms with Crippen molar-refractivity contribution in [2.45, 2.75) is 17.7 Å². The lowest BCUT2D eigenvalue weighted by molar-refractivity contribution is 0.0696. The van der Waals surface area contributed by atoms with Gasteiger partial charge in [0.2, 0.25) is 0 Å². The Morgan fingerprint density at radius 1 is 1.04 bits per heavy atom. The summed E-state index contributed by atoms with van der Waals surface area (Å²) in [5, 5.41) is 9.18. The van der Waals surface area contributed by atoms with Crippen molar-refractivity contribution in [3.05, 3.63) is 58.0 Å². The molecule has 0 radical (unpaired) electrons. The summed E-state index contributed by atoms with van der Waals surface area (Å²) in [6.45, 7) is 0.313. The number of imidazole rings is 1. The Morgan fingerprint density at radius 3 is 2.46 bits per heavy atom. The molecule has 2 aromatic carbocycles. The van der Waals surface area contributed by atoms with Crippen molar-refractivity contribution in [2.24, 2.45) is 14.1 Å². The first-order chi connectivity index (χ1) is 13.2. The summed E-state index contributed by atoms with van der Waals surface area (Å²) in [5.41, 5.74) is 2.29. The summed E-state index contributed by atoms with van der Waals surface area (Å²) in [6.07, 6.45) is 1.22. The summed E-state index contributed by atoms with van der Waals surface area (Å²) in [4.78, 5) is 23.4. The average molecular weight is 401 g/mol. The Kier molecular flexibility index (Phi) is 4.07. The van der Waals surface area contributed by atoms with Crippen LogP contribution in [0.2, 0.25) is 0 Å². The van der Waals surface area contributed by atoms with Crippen LogP contribution in [-0.4, -0.2) is 35.2 Å². The van der Waals surface area contributed by atoms with Crippen molar-refractivity contribution < 1.29 is 18.3 Å². The highest BCUT2D eigenvalue weighted by atomic mass is 32.2. The summed E-state index contributed by atoms with van der Waals surface area (Å²) >= 11 is 0. The van der Waals surface area contributed by atoms with Gasteiger partial charge in [0.15, 0.2) is 0 Å². The molecule has 0 fully saturated rings. The lowest BCUT2D eigenvalue weighted by atomic mass is 10.0. The molecule has 0 amide bonds. The number of benzene rings is 2. The zero-order chi connectivity index (χ0) is 20.2. The van der Waals surface area contributed by atoms with Crippen molar-refractivity contribution in [1.29, 1.82) is 0 Å². The second kappa shape index (κ2) is 6.23. The van der Waals surface area contributed by atoms with Crippen LogP contribution in [0, 0.1) is 0 Å². The predicted molar refractivity (Wildman–Crippen MR) is 104 cm³/mol. The van der Waals surface area contributed by atoms with Gasteiger partial charge in [0.25, 0.3) is 10.0 Å². The molecular weight excluding hydrogens is 382 g/mol. The maximum absolute atomic E-state index is 13.3. The molecule has 9 heteroatoms. The van der Waals surface area contributed by atoms with E-state index in [0.29, 0.717) is 41.7 Å². The van der Waals surface area contributed by atoms with Crippen molar-refractivity contribution in [3.63, 3.8) is 0 Å². The van der Waals surface area contributed by atoms with Crippen LogP contribution < -0.4 is 9.99 Å². The van der Waals surface area contributed by atoms with Gasteiger partial charge in [0.1, 0.15) is 0 Å². The number of carboxylic acid groups (broad SMARTS) is 1. The van der Waals surface area contributed by atoms with E-state index in [2.05, 4.69) is 0 Å². The Hall–Kier alpha value is -3.07.